The number of thioether (sulfide) groups is 1. The topological polar surface area (TPSA) is 118 Å². The molecule has 0 bridgehead atoms. The highest BCUT2D eigenvalue weighted by Crippen LogP contribution is 2.36. The number of ether oxygens (including phenoxy) is 1. The van der Waals surface area contributed by atoms with Crippen molar-refractivity contribution in [3.63, 3.8) is 0 Å². The van der Waals surface area contributed by atoms with E-state index < -0.39 is 17.6 Å². The lowest BCUT2D eigenvalue weighted by Crippen LogP contribution is -2.41. The monoisotopic (exact) mass is 495 g/mol. The number of nitrogens with zero attached hydrogens (tertiary/aromatic N) is 1. The summed E-state index contributed by atoms with van der Waals surface area (Å²) in [5.41, 5.74) is 0.862. The average Bonchev–Trinajstić information content (AvgIpc) is 3.31. The molecule has 11 heteroatoms. The summed E-state index contributed by atoms with van der Waals surface area (Å²) >= 11 is 1.28. The Balaban J connectivity index is 0.000000204. The number of hydrogen-bond donors (Lipinski definition) is 2. The molecule has 4 heterocycles. The van der Waals surface area contributed by atoms with Crippen LogP contribution in [0.2, 0.25) is 0 Å². The van der Waals surface area contributed by atoms with Crippen molar-refractivity contribution >= 4 is 51.3 Å². The van der Waals surface area contributed by atoms with Crippen molar-refractivity contribution in [1.82, 2.24) is 10.6 Å². The summed E-state index contributed by atoms with van der Waals surface area (Å²) in [6.07, 6.45) is 1.96. The van der Waals surface area contributed by atoms with Gasteiger partial charge in [0.2, 0.25) is 11.8 Å². The van der Waals surface area contributed by atoms with E-state index in [1.807, 2.05) is 12.2 Å². The number of carbonyl (C=O) groups excluding carboxylic acids is 4. The van der Waals surface area contributed by atoms with Gasteiger partial charge in [0.25, 0.3) is 5.24 Å². The number of halogens is 1. The third-order valence-electron chi connectivity index (χ3n) is 5.20. The molecule has 5 rings (SSSR count). The Labute approximate surface area is 202 Å². The maximum absolute atomic E-state index is 13.5. The summed E-state index contributed by atoms with van der Waals surface area (Å²) in [5, 5.41) is 5.91. The van der Waals surface area contributed by atoms with Gasteiger partial charge in [-0.05, 0) is 32.9 Å². The highest BCUT2D eigenvalue weighted by Gasteiger charge is 2.32. The predicted molar refractivity (Wildman–Crippen MR) is 128 cm³/mol. The van der Waals surface area contributed by atoms with Gasteiger partial charge in [-0.15, -0.1) is 0 Å². The molecule has 3 amide bonds. The minimum absolute atomic E-state index is 0. The number of para-hydroxylation sites is 1. The third kappa shape index (κ3) is 6.64. The van der Waals surface area contributed by atoms with E-state index in [0.717, 1.165) is 18.8 Å². The van der Waals surface area contributed by atoms with Crippen LogP contribution >= 0.6 is 11.8 Å². The van der Waals surface area contributed by atoms with E-state index in [2.05, 4.69) is 19.2 Å². The van der Waals surface area contributed by atoms with Gasteiger partial charge in [-0.1, -0.05) is 17.8 Å². The van der Waals surface area contributed by atoms with Gasteiger partial charge >= 0.3 is 0 Å². The van der Waals surface area contributed by atoms with Crippen molar-refractivity contribution in [2.45, 2.75) is 51.9 Å². The predicted octanol–water partition coefficient (Wildman–Crippen LogP) is 3.25. The lowest BCUT2D eigenvalue weighted by molar-refractivity contribution is -0.138. The molecular weight excluding hydrogens is 465 g/mol. The summed E-state index contributed by atoms with van der Waals surface area (Å²) in [5.74, 6) is -0.933. The Hall–Kier alpha value is -2.76. The molecule has 34 heavy (non-hydrogen) atoms. The minimum atomic E-state index is -0.490. The van der Waals surface area contributed by atoms with Crippen LogP contribution in [0.4, 0.5) is 14.9 Å². The maximum atomic E-state index is 13.5. The Morgan fingerprint density at radius 3 is 2.21 bits per heavy atom. The highest BCUT2D eigenvalue weighted by molar-refractivity contribution is 8.14. The summed E-state index contributed by atoms with van der Waals surface area (Å²) in [6, 6.07) is 4.84. The second-order valence-electron chi connectivity index (χ2n) is 8.31. The zero-order valence-corrected chi connectivity index (χ0v) is 20.1. The van der Waals surface area contributed by atoms with Gasteiger partial charge < -0.3 is 14.5 Å². The van der Waals surface area contributed by atoms with Gasteiger partial charge in [0.15, 0.2) is 17.2 Å². The molecule has 0 spiro atoms. The minimum Gasteiger partial charge on any atom is -0.459 e. The number of carbonyl (C=O) groups is 4. The van der Waals surface area contributed by atoms with Crippen LogP contribution in [0.15, 0.2) is 28.9 Å². The lowest BCUT2D eigenvalue weighted by atomic mass is 10.1. The number of rotatable bonds is 1. The van der Waals surface area contributed by atoms with E-state index in [0.29, 0.717) is 23.3 Å². The first-order chi connectivity index (χ1) is 16.2. The Kier molecular flexibility index (Phi) is 8.81. The Morgan fingerprint density at radius 1 is 1.06 bits per heavy atom. The van der Waals surface area contributed by atoms with Crippen molar-refractivity contribution in [1.29, 1.82) is 0 Å². The Morgan fingerprint density at radius 2 is 1.71 bits per heavy atom. The molecule has 0 aliphatic carbocycles. The molecule has 9 nitrogen and oxygen atoms in total. The first-order valence-corrected chi connectivity index (χ1v) is 12.0. The van der Waals surface area contributed by atoms with Crippen molar-refractivity contribution in [2.75, 3.05) is 23.7 Å². The number of anilines is 1. The van der Waals surface area contributed by atoms with Gasteiger partial charge in [0.1, 0.15) is 6.26 Å². The lowest BCUT2D eigenvalue weighted by Gasteiger charge is -2.25. The van der Waals surface area contributed by atoms with Crippen LogP contribution in [-0.2, 0) is 19.1 Å². The molecule has 2 N–H and O–H groups in total. The number of nitrogens with one attached hydrogen (secondary N) is 2. The number of hydrogen-bond acceptors (Lipinski definition) is 8. The summed E-state index contributed by atoms with van der Waals surface area (Å²) in [4.78, 5) is 44.5. The molecule has 0 unspecified atom stereocenters. The van der Waals surface area contributed by atoms with E-state index in [9.17, 15) is 23.6 Å². The van der Waals surface area contributed by atoms with Gasteiger partial charge in [-0.3, -0.25) is 29.4 Å². The molecule has 3 aliphatic rings. The normalized spacial score (nSPS) is 24.8. The highest BCUT2D eigenvalue weighted by atomic mass is 32.2. The van der Waals surface area contributed by atoms with Crippen LogP contribution in [0, 0.1) is 5.82 Å². The zero-order chi connectivity index (χ0) is 24.8. The average molecular weight is 496 g/mol. The van der Waals surface area contributed by atoms with Crippen LogP contribution in [0.5, 0.6) is 0 Å². The fourth-order valence-corrected chi connectivity index (χ4v) is 4.64. The first-order valence-electron chi connectivity index (χ1n) is 11.0. The van der Waals surface area contributed by atoms with E-state index in [-0.39, 0.29) is 36.9 Å². The van der Waals surface area contributed by atoms with Gasteiger partial charge in [-0.25, -0.2) is 4.39 Å². The third-order valence-corrected chi connectivity index (χ3v) is 6.29. The van der Waals surface area contributed by atoms with Crippen molar-refractivity contribution in [3.8, 4) is 0 Å². The number of imide groups is 1. The van der Waals surface area contributed by atoms with E-state index >= 15 is 0 Å². The molecule has 1 aromatic carbocycles. The molecule has 0 saturated carbocycles. The largest absolute Gasteiger partial charge is 0.459 e. The second-order valence-corrected chi connectivity index (χ2v) is 9.28. The molecule has 0 radical (unpaired) electrons. The van der Waals surface area contributed by atoms with E-state index in [4.69, 9.17) is 9.15 Å². The van der Waals surface area contributed by atoms with Crippen molar-refractivity contribution < 1.29 is 34.1 Å². The van der Waals surface area contributed by atoms with Crippen LogP contribution in [-0.4, -0.2) is 59.9 Å². The number of benzene rings is 1. The standard InChI is InChI=1S/C12H10FNO2S.C6H13NO.C5H5NO3.H2/c1-7-6-17-12(15)14(7)10-5-16-11-8(10)3-2-4-9(11)13;1-5-3-7-4-6(2)8-5;7-3-1-4(8)6-5(9)2-3;/h2-5,7H,6H2,1H3;5-7H,3-4H2,1-2H3;1-2H2,(H,6,8,9);1H/t7-;5-,6+;;/m1.../s1. The van der Waals surface area contributed by atoms with E-state index in [1.54, 1.807) is 17.0 Å². The van der Waals surface area contributed by atoms with Crippen molar-refractivity contribution in [2.24, 2.45) is 0 Å². The molecule has 1 aromatic heterocycles. The molecule has 3 fully saturated rings. The molecule has 3 atom stereocenters. The van der Waals surface area contributed by atoms with Crippen molar-refractivity contribution in [3.05, 3.63) is 30.3 Å². The molecule has 3 saturated heterocycles. The zero-order valence-electron chi connectivity index (χ0n) is 19.3. The molecule has 3 aliphatic heterocycles. The molecule has 186 valence electrons. The number of ketones is 1. The fraction of sp³-hybridized carbons (Fsp3) is 0.478. The number of furan rings is 1. The Bertz CT molecular complexity index is 1030. The summed E-state index contributed by atoms with van der Waals surface area (Å²) < 4.78 is 24.1. The second kappa shape index (κ2) is 11.6. The number of morpholine rings is 1. The molecular formula is C23H30FN3O6S. The smallest absolute Gasteiger partial charge is 0.286 e. The van der Waals surface area contributed by atoms with Crippen LogP contribution in [0.3, 0.4) is 0 Å². The van der Waals surface area contributed by atoms with Gasteiger partial charge in [0.05, 0.1) is 30.7 Å². The maximum Gasteiger partial charge on any atom is 0.286 e. The van der Waals surface area contributed by atoms with Gasteiger partial charge in [-0.2, -0.15) is 0 Å². The SMILES string of the molecule is C[C@@H]1CNC[C@H](C)O1.C[C@@H]1CSC(=O)N1c1coc2c(F)cccc12.O=C1CC(=O)NC(=O)C1.[HH]. The summed E-state index contributed by atoms with van der Waals surface area (Å²) in [7, 11) is 0. The van der Waals surface area contributed by atoms with Gasteiger partial charge in [0, 0.05) is 31.7 Å². The van der Waals surface area contributed by atoms with Crippen LogP contribution < -0.4 is 15.5 Å². The number of Topliss-reactive ketones (excluding diaryl/α,β-unsaturated/α-hetero) is 1. The van der Waals surface area contributed by atoms with E-state index in [1.165, 1.54) is 24.1 Å². The van der Waals surface area contributed by atoms with Crippen LogP contribution in [0.25, 0.3) is 11.0 Å². The van der Waals surface area contributed by atoms with Crippen LogP contribution in [0.1, 0.15) is 35.0 Å². The quantitative estimate of drug-likeness (QED) is 0.457. The first kappa shape index (κ1) is 25.9. The molecule has 2 aromatic rings. The number of fused-ring (bicyclic) bond motifs is 1. The number of piperidine rings is 1. The fourth-order valence-electron chi connectivity index (χ4n) is 3.69. The summed E-state index contributed by atoms with van der Waals surface area (Å²) in [6.45, 7) is 8.15. The number of amides is 3.